The molecule has 0 aromatic heterocycles. The van der Waals surface area contributed by atoms with E-state index < -0.39 is 0 Å². The highest BCUT2D eigenvalue weighted by atomic mass is 14.9. The molecule has 2 saturated heterocycles. The fraction of sp³-hybridized carbons (Fsp3) is 1.00. The number of hydrogen-bond acceptors (Lipinski definition) is 2. The molecule has 0 aromatic carbocycles. The molecule has 12 unspecified atom stereocenters. The summed E-state index contributed by atoms with van der Waals surface area (Å²) in [6.07, 6.45) is 15.0. The van der Waals surface area contributed by atoms with Crippen LogP contribution in [0.2, 0.25) is 0 Å². The van der Waals surface area contributed by atoms with Gasteiger partial charge in [0, 0.05) is 12.1 Å². The second-order valence-electron chi connectivity index (χ2n) is 14.0. The normalized spacial score (nSPS) is 54.6. The number of hydrogen-bond donors (Lipinski definition) is 2. The summed E-state index contributed by atoms with van der Waals surface area (Å²) in [6, 6.07) is 1.68. The van der Waals surface area contributed by atoms with Gasteiger partial charge in [-0.25, -0.2) is 0 Å². The van der Waals surface area contributed by atoms with Crippen LogP contribution in [0.15, 0.2) is 0 Å². The third-order valence-corrected chi connectivity index (χ3v) is 12.1. The van der Waals surface area contributed by atoms with Gasteiger partial charge >= 0.3 is 0 Å². The summed E-state index contributed by atoms with van der Waals surface area (Å²) in [6.45, 7) is 13.4. The monoisotopic (exact) mass is 426 g/mol. The van der Waals surface area contributed by atoms with Gasteiger partial charge in [0.2, 0.25) is 0 Å². The Kier molecular flexibility index (Phi) is 5.54. The van der Waals surface area contributed by atoms with E-state index in [1.807, 2.05) is 0 Å². The van der Waals surface area contributed by atoms with Gasteiger partial charge in [0.25, 0.3) is 0 Å². The number of fused-ring (bicyclic) bond motifs is 4. The largest absolute Gasteiger partial charge is 0.314 e. The molecule has 2 N–H and O–H groups in total. The van der Waals surface area contributed by atoms with E-state index in [-0.39, 0.29) is 0 Å². The number of piperidine rings is 2. The third-order valence-electron chi connectivity index (χ3n) is 12.1. The molecular weight excluding hydrogens is 376 g/mol. The summed E-state index contributed by atoms with van der Waals surface area (Å²) in [5.74, 6) is 9.79. The lowest BCUT2D eigenvalue weighted by molar-refractivity contribution is -0.0243. The summed E-state index contributed by atoms with van der Waals surface area (Å²) >= 11 is 0. The van der Waals surface area contributed by atoms with E-state index in [1.54, 1.807) is 12.8 Å². The molecule has 12 atom stereocenters. The average Bonchev–Trinajstić information content (AvgIpc) is 3.24. The minimum atomic E-state index is 0.501. The van der Waals surface area contributed by atoms with Gasteiger partial charge in [-0.2, -0.15) is 0 Å². The molecule has 6 fully saturated rings. The molecule has 2 heterocycles. The SMILES string of the molecule is CC1CC2CC3CCCNC3CC2C1C(C)(C)C1C(C)CC2CC3CCCNC3CC21. The molecule has 4 saturated carbocycles. The fourth-order valence-electron chi connectivity index (χ4n) is 11.6. The van der Waals surface area contributed by atoms with Gasteiger partial charge in [-0.05, 0) is 142 Å². The van der Waals surface area contributed by atoms with Crippen LogP contribution < -0.4 is 10.6 Å². The molecule has 0 amide bonds. The van der Waals surface area contributed by atoms with E-state index in [4.69, 9.17) is 0 Å². The first-order valence-corrected chi connectivity index (χ1v) is 14.4. The number of nitrogens with one attached hydrogen (secondary N) is 2. The van der Waals surface area contributed by atoms with Gasteiger partial charge in [-0.3, -0.25) is 0 Å². The van der Waals surface area contributed by atoms with Gasteiger partial charge in [0.15, 0.2) is 0 Å². The van der Waals surface area contributed by atoms with Gasteiger partial charge in [-0.15, -0.1) is 0 Å². The van der Waals surface area contributed by atoms with E-state index >= 15 is 0 Å². The second kappa shape index (κ2) is 8.00. The Morgan fingerprint density at radius 3 is 1.48 bits per heavy atom. The van der Waals surface area contributed by atoms with Crippen LogP contribution in [0.4, 0.5) is 0 Å². The topological polar surface area (TPSA) is 24.1 Å². The molecule has 0 radical (unpaired) electrons. The standard InChI is InChI=1S/C29H50N2/c1-17-11-21-13-19-7-5-9-30-25(19)15-23(21)27(17)29(3,4)28-18(2)12-22-14-20-8-6-10-31-26(20)16-24(22)28/h17-28,30-31H,5-16H2,1-4H3. The predicted molar refractivity (Wildman–Crippen MR) is 130 cm³/mol. The Balaban J connectivity index is 1.25. The molecule has 2 heteroatoms. The lowest BCUT2D eigenvalue weighted by Crippen LogP contribution is -2.51. The molecule has 176 valence electrons. The summed E-state index contributed by atoms with van der Waals surface area (Å²) in [4.78, 5) is 0. The molecule has 31 heavy (non-hydrogen) atoms. The lowest BCUT2D eigenvalue weighted by Gasteiger charge is -2.52. The van der Waals surface area contributed by atoms with Gasteiger partial charge < -0.3 is 10.6 Å². The third kappa shape index (κ3) is 3.48. The lowest BCUT2D eigenvalue weighted by atomic mass is 9.54. The summed E-state index contributed by atoms with van der Waals surface area (Å²) < 4.78 is 0. The van der Waals surface area contributed by atoms with E-state index in [2.05, 4.69) is 38.3 Å². The smallest absolute Gasteiger partial charge is 0.00982 e. The quantitative estimate of drug-likeness (QED) is 0.556. The van der Waals surface area contributed by atoms with Gasteiger partial charge in [0.05, 0.1) is 0 Å². The molecular formula is C29H50N2. The van der Waals surface area contributed by atoms with E-state index in [0.29, 0.717) is 5.41 Å². The summed E-state index contributed by atoms with van der Waals surface area (Å²) in [5, 5.41) is 7.93. The molecule has 6 rings (SSSR count). The zero-order chi connectivity index (χ0) is 21.3. The van der Waals surface area contributed by atoms with E-state index in [1.165, 1.54) is 64.5 Å². The molecule has 2 nitrogen and oxygen atoms in total. The van der Waals surface area contributed by atoms with Crippen LogP contribution in [0.1, 0.15) is 91.9 Å². The first-order chi connectivity index (χ1) is 14.9. The maximum atomic E-state index is 3.97. The van der Waals surface area contributed by atoms with Crippen LogP contribution >= 0.6 is 0 Å². The van der Waals surface area contributed by atoms with Crippen LogP contribution in [0.25, 0.3) is 0 Å². The van der Waals surface area contributed by atoms with Crippen molar-refractivity contribution in [3.8, 4) is 0 Å². The van der Waals surface area contributed by atoms with Crippen molar-refractivity contribution in [1.29, 1.82) is 0 Å². The molecule has 4 aliphatic carbocycles. The van der Waals surface area contributed by atoms with Crippen molar-refractivity contribution in [3.05, 3.63) is 0 Å². The van der Waals surface area contributed by atoms with E-state index in [9.17, 15) is 0 Å². The molecule has 6 aliphatic rings. The van der Waals surface area contributed by atoms with Crippen molar-refractivity contribution in [2.75, 3.05) is 13.1 Å². The van der Waals surface area contributed by atoms with Crippen molar-refractivity contribution >= 4 is 0 Å². The Hall–Kier alpha value is -0.0800. The van der Waals surface area contributed by atoms with Crippen LogP contribution in [-0.4, -0.2) is 25.2 Å². The first-order valence-electron chi connectivity index (χ1n) is 14.4. The van der Waals surface area contributed by atoms with Gasteiger partial charge in [0.1, 0.15) is 0 Å². The van der Waals surface area contributed by atoms with Gasteiger partial charge in [-0.1, -0.05) is 27.7 Å². The summed E-state index contributed by atoms with van der Waals surface area (Å²) in [5.41, 5.74) is 0.501. The molecule has 2 aliphatic heterocycles. The van der Waals surface area contributed by atoms with Crippen molar-refractivity contribution in [2.45, 2.75) is 104 Å². The predicted octanol–water partition coefficient (Wildman–Crippen LogP) is 6.11. The summed E-state index contributed by atoms with van der Waals surface area (Å²) in [7, 11) is 0. The second-order valence-corrected chi connectivity index (χ2v) is 14.0. The highest BCUT2D eigenvalue weighted by Crippen LogP contribution is 2.64. The highest BCUT2D eigenvalue weighted by molar-refractivity contribution is 5.09. The fourth-order valence-corrected chi connectivity index (χ4v) is 11.6. The van der Waals surface area contributed by atoms with Crippen LogP contribution in [0, 0.1) is 64.6 Å². The Morgan fingerprint density at radius 1 is 0.581 bits per heavy atom. The van der Waals surface area contributed by atoms with Crippen molar-refractivity contribution < 1.29 is 0 Å². The van der Waals surface area contributed by atoms with Crippen LogP contribution in [0.5, 0.6) is 0 Å². The zero-order valence-corrected chi connectivity index (χ0v) is 20.9. The van der Waals surface area contributed by atoms with Crippen LogP contribution in [-0.2, 0) is 0 Å². The average molecular weight is 427 g/mol. The number of rotatable bonds is 2. The maximum absolute atomic E-state index is 3.97. The van der Waals surface area contributed by atoms with Crippen LogP contribution in [0.3, 0.4) is 0 Å². The molecule has 0 bridgehead atoms. The Morgan fingerprint density at radius 2 is 1.03 bits per heavy atom. The maximum Gasteiger partial charge on any atom is 0.00982 e. The molecule has 0 aromatic rings. The minimum absolute atomic E-state index is 0.501. The van der Waals surface area contributed by atoms with Crippen molar-refractivity contribution in [3.63, 3.8) is 0 Å². The van der Waals surface area contributed by atoms with Crippen molar-refractivity contribution in [2.24, 2.45) is 64.6 Å². The highest BCUT2D eigenvalue weighted by Gasteiger charge is 2.59. The Bertz CT molecular complexity index is 603. The first kappa shape index (κ1) is 21.5. The minimum Gasteiger partial charge on any atom is -0.314 e. The molecule has 0 spiro atoms. The Labute approximate surface area is 192 Å². The van der Waals surface area contributed by atoms with E-state index in [0.717, 1.165) is 71.3 Å². The van der Waals surface area contributed by atoms with Crippen molar-refractivity contribution in [1.82, 2.24) is 10.6 Å². The zero-order valence-electron chi connectivity index (χ0n) is 20.9.